The van der Waals surface area contributed by atoms with Crippen molar-refractivity contribution in [1.29, 1.82) is 0 Å². The Bertz CT molecular complexity index is 323. The average molecular weight is 192 g/mol. The maximum atomic E-state index is 4.26. The van der Waals surface area contributed by atoms with Crippen LogP contribution in [-0.2, 0) is 0 Å². The van der Waals surface area contributed by atoms with Gasteiger partial charge in [0.05, 0.1) is 11.7 Å². The van der Waals surface area contributed by atoms with Crippen LogP contribution in [-0.4, -0.2) is 40.0 Å². The van der Waals surface area contributed by atoms with Crippen LogP contribution in [0, 0.1) is 0 Å². The summed E-state index contributed by atoms with van der Waals surface area (Å²) < 4.78 is 2.07. The Labute approximate surface area is 83.9 Å². The fraction of sp³-hybridized carbons (Fsp3) is 0.800. The molecule has 76 valence electrons. The maximum Gasteiger partial charge on any atom is 0.0883 e. The summed E-state index contributed by atoms with van der Waals surface area (Å²) in [6, 6.07) is 0.647. The molecule has 0 atom stereocenters. The molecular formula is C10H16N4. The minimum atomic E-state index is 0.633. The van der Waals surface area contributed by atoms with Gasteiger partial charge in [0.25, 0.3) is 0 Å². The van der Waals surface area contributed by atoms with Gasteiger partial charge >= 0.3 is 0 Å². The van der Waals surface area contributed by atoms with E-state index in [4.69, 9.17) is 0 Å². The SMILES string of the molecule is CN1CC(c2cn(C3CCC3)nn2)C1. The molecule has 1 aliphatic carbocycles. The van der Waals surface area contributed by atoms with Crippen LogP contribution in [0.15, 0.2) is 6.20 Å². The van der Waals surface area contributed by atoms with Crippen molar-refractivity contribution in [2.45, 2.75) is 31.2 Å². The lowest BCUT2D eigenvalue weighted by Gasteiger charge is -2.34. The smallest absolute Gasteiger partial charge is 0.0883 e. The number of aromatic nitrogens is 3. The van der Waals surface area contributed by atoms with E-state index in [1.54, 1.807) is 0 Å². The van der Waals surface area contributed by atoms with Crippen molar-refractivity contribution >= 4 is 0 Å². The molecule has 0 aromatic carbocycles. The summed E-state index contributed by atoms with van der Waals surface area (Å²) in [5, 5.41) is 8.48. The van der Waals surface area contributed by atoms with Crippen LogP contribution in [0.2, 0.25) is 0 Å². The summed E-state index contributed by atoms with van der Waals surface area (Å²) in [7, 11) is 2.15. The molecule has 0 N–H and O–H groups in total. The van der Waals surface area contributed by atoms with Crippen molar-refractivity contribution in [2.75, 3.05) is 20.1 Å². The third-order valence-electron chi connectivity index (χ3n) is 3.46. The van der Waals surface area contributed by atoms with Crippen molar-refractivity contribution in [3.05, 3.63) is 11.9 Å². The van der Waals surface area contributed by atoms with Gasteiger partial charge in [0.1, 0.15) is 0 Å². The summed E-state index contributed by atoms with van der Waals surface area (Å²) in [6.07, 6.45) is 6.08. The second kappa shape index (κ2) is 3.05. The summed E-state index contributed by atoms with van der Waals surface area (Å²) in [6.45, 7) is 2.28. The van der Waals surface area contributed by atoms with Crippen molar-refractivity contribution in [3.8, 4) is 0 Å². The summed E-state index contributed by atoms with van der Waals surface area (Å²) in [5.74, 6) is 0.633. The number of hydrogen-bond donors (Lipinski definition) is 0. The second-order valence-electron chi connectivity index (χ2n) is 4.63. The van der Waals surface area contributed by atoms with Gasteiger partial charge in [-0.3, -0.25) is 0 Å². The van der Waals surface area contributed by atoms with Gasteiger partial charge in [-0.15, -0.1) is 5.10 Å². The molecule has 0 spiro atoms. The van der Waals surface area contributed by atoms with Crippen LogP contribution >= 0.6 is 0 Å². The van der Waals surface area contributed by atoms with Crippen molar-refractivity contribution in [3.63, 3.8) is 0 Å². The normalized spacial score (nSPS) is 24.6. The molecule has 1 aromatic rings. The second-order valence-corrected chi connectivity index (χ2v) is 4.63. The first-order valence-corrected chi connectivity index (χ1v) is 5.43. The molecule has 1 aromatic heterocycles. The van der Waals surface area contributed by atoms with Gasteiger partial charge in [0, 0.05) is 25.2 Å². The van der Waals surface area contributed by atoms with E-state index >= 15 is 0 Å². The molecule has 0 radical (unpaired) electrons. The van der Waals surface area contributed by atoms with Crippen LogP contribution in [0.1, 0.15) is 36.9 Å². The molecule has 3 rings (SSSR count). The van der Waals surface area contributed by atoms with E-state index in [1.807, 2.05) is 0 Å². The van der Waals surface area contributed by atoms with Crippen LogP contribution in [0.3, 0.4) is 0 Å². The lowest BCUT2D eigenvalue weighted by atomic mass is 9.93. The fourth-order valence-electron chi connectivity index (χ4n) is 2.19. The molecule has 1 saturated heterocycles. The Kier molecular flexibility index (Phi) is 1.83. The molecule has 2 fully saturated rings. The van der Waals surface area contributed by atoms with E-state index in [0.717, 1.165) is 13.1 Å². The van der Waals surface area contributed by atoms with Crippen LogP contribution in [0.5, 0.6) is 0 Å². The predicted molar refractivity (Wildman–Crippen MR) is 53.1 cm³/mol. The summed E-state index contributed by atoms with van der Waals surface area (Å²) in [4.78, 5) is 2.31. The number of hydrogen-bond acceptors (Lipinski definition) is 3. The largest absolute Gasteiger partial charge is 0.305 e. The van der Waals surface area contributed by atoms with E-state index in [0.29, 0.717) is 12.0 Å². The van der Waals surface area contributed by atoms with Gasteiger partial charge in [-0.1, -0.05) is 5.21 Å². The molecule has 4 heteroatoms. The zero-order valence-electron chi connectivity index (χ0n) is 8.56. The van der Waals surface area contributed by atoms with E-state index in [-0.39, 0.29) is 0 Å². The lowest BCUT2D eigenvalue weighted by molar-refractivity contribution is 0.186. The molecular weight excluding hydrogens is 176 g/mol. The number of likely N-dealkylation sites (N-methyl/N-ethyl adjacent to an activating group) is 1. The molecule has 1 saturated carbocycles. The van der Waals surface area contributed by atoms with E-state index in [2.05, 4.69) is 33.1 Å². The minimum Gasteiger partial charge on any atom is -0.305 e. The highest BCUT2D eigenvalue weighted by Crippen LogP contribution is 2.32. The third kappa shape index (κ3) is 1.25. The van der Waals surface area contributed by atoms with Crippen molar-refractivity contribution in [2.24, 2.45) is 0 Å². The van der Waals surface area contributed by atoms with E-state index in [9.17, 15) is 0 Å². The first-order valence-electron chi connectivity index (χ1n) is 5.43. The monoisotopic (exact) mass is 192 g/mol. The number of rotatable bonds is 2. The number of nitrogens with zero attached hydrogens (tertiary/aromatic N) is 4. The summed E-state index contributed by atoms with van der Waals surface area (Å²) >= 11 is 0. The molecule has 2 heterocycles. The zero-order chi connectivity index (χ0) is 9.54. The Balaban J connectivity index is 1.70. The molecule has 1 aliphatic heterocycles. The van der Waals surface area contributed by atoms with Gasteiger partial charge in [0.2, 0.25) is 0 Å². The van der Waals surface area contributed by atoms with Gasteiger partial charge in [0.15, 0.2) is 0 Å². The molecule has 4 nitrogen and oxygen atoms in total. The van der Waals surface area contributed by atoms with Crippen molar-refractivity contribution in [1.82, 2.24) is 19.9 Å². The Morgan fingerprint density at radius 1 is 1.36 bits per heavy atom. The quantitative estimate of drug-likeness (QED) is 0.702. The standard InChI is InChI=1S/C10H16N4/c1-13-5-8(6-13)10-7-14(12-11-10)9-3-2-4-9/h7-9H,2-6H2,1H3. The number of likely N-dealkylation sites (tertiary alicyclic amines) is 1. The van der Waals surface area contributed by atoms with Crippen molar-refractivity contribution < 1.29 is 0 Å². The topological polar surface area (TPSA) is 34.0 Å². The minimum absolute atomic E-state index is 0.633. The highest BCUT2D eigenvalue weighted by molar-refractivity contribution is 5.09. The van der Waals surface area contributed by atoms with Gasteiger partial charge in [-0.25, -0.2) is 4.68 Å². The molecule has 14 heavy (non-hydrogen) atoms. The van der Waals surface area contributed by atoms with Gasteiger partial charge in [-0.2, -0.15) is 0 Å². The highest BCUT2D eigenvalue weighted by atomic mass is 15.4. The van der Waals surface area contributed by atoms with E-state index in [1.165, 1.54) is 25.0 Å². The Morgan fingerprint density at radius 3 is 2.71 bits per heavy atom. The molecule has 0 amide bonds. The predicted octanol–water partition coefficient (Wildman–Crippen LogP) is 1.03. The third-order valence-corrected chi connectivity index (χ3v) is 3.46. The summed E-state index contributed by atoms with van der Waals surface area (Å²) in [5.41, 5.74) is 1.19. The first kappa shape index (κ1) is 8.41. The molecule has 2 aliphatic rings. The van der Waals surface area contributed by atoms with Crippen LogP contribution < -0.4 is 0 Å². The Hall–Kier alpha value is -0.900. The highest BCUT2D eigenvalue weighted by Gasteiger charge is 2.28. The van der Waals surface area contributed by atoms with Gasteiger partial charge in [-0.05, 0) is 26.3 Å². The lowest BCUT2D eigenvalue weighted by Crippen LogP contribution is -2.41. The maximum absolute atomic E-state index is 4.26. The van der Waals surface area contributed by atoms with E-state index < -0.39 is 0 Å². The zero-order valence-corrected chi connectivity index (χ0v) is 8.56. The first-order chi connectivity index (χ1) is 6.83. The van der Waals surface area contributed by atoms with Crippen LogP contribution in [0.25, 0.3) is 0 Å². The Morgan fingerprint density at radius 2 is 2.14 bits per heavy atom. The fourth-order valence-corrected chi connectivity index (χ4v) is 2.19. The average Bonchev–Trinajstić information content (AvgIpc) is 2.44. The molecule has 0 unspecified atom stereocenters. The van der Waals surface area contributed by atoms with Crippen LogP contribution in [0.4, 0.5) is 0 Å². The molecule has 0 bridgehead atoms. The van der Waals surface area contributed by atoms with Gasteiger partial charge < -0.3 is 4.90 Å².